The van der Waals surface area contributed by atoms with Gasteiger partial charge in [-0.3, -0.25) is 0 Å². The number of anilines is 2. The number of nitrogens with one attached hydrogen (secondary N) is 1. The lowest BCUT2D eigenvalue weighted by Gasteiger charge is -2.11. The molecule has 0 saturated carbocycles. The van der Waals surface area contributed by atoms with Crippen LogP contribution < -0.4 is 10.1 Å². The number of hydrogen-bond donors (Lipinski definition) is 2. The largest absolute Gasteiger partial charge is 0.491 e. The molecule has 0 saturated heterocycles. The fourth-order valence-electron chi connectivity index (χ4n) is 2.21. The molecule has 0 radical (unpaired) electrons. The predicted octanol–water partition coefficient (Wildman–Crippen LogP) is 4.43. The molecule has 136 valence electrons. The lowest BCUT2D eigenvalue weighted by Crippen LogP contribution is -2.20. The van der Waals surface area contributed by atoms with Crippen molar-refractivity contribution in [3.05, 3.63) is 59.7 Å². The van der Waals surface area contributed by atoms with Gasteiger partial charge in [-0.25, -0.2) is 0 Å². The molecule has 1 heterocycles. The average molecular weight is 388 g/mol. The third-order valence-corrected chi connectivity index (χ3v) is 5.66. The summed E-state index contributed by atoms with van der Waals surface area (Å²) >= 11 is 2.94. The summed E-state index contributed by atoms with van der Waals surface area (Å²) in [6.45, 7) is 4.33. The minimum Gasteiger partial charge on any atom is -0.491 e. The van der Waals surface area contributed by atoms with Gasteiger partial charge in [0.25, 0.3) is 0 Å². The van der Waals surface area contributed by atoms with Crippen molar-refractivity contribution >= 4 is 33.9 Å². The number of nitrogens with zero attached hydrogens (tertiary/aromatic N) is 2. The maximum atomic E-state index is 10.1. The number of benzene rings is 2. The quantitative estimate of drug-likeness (QED) is 0.557. The zero-order chi connectivity index (χ0) is 18.4. The van der Waals surface area contributed by atoms with Gasteiger partial charge in [-0.15, -0.1) is 10.2 Å². The molecular formula is C19H21N3O2S2. The number of aryl methyl sites for hydroxylation is 2. The molecule has 0 aliphatic heterocycles. The second-order valence-electron chi connectivity index (χ2n) is 5.96. The Labute approximate surface area is 161 Å². The topological polar surface area (TPSA) is 67.3 Å². The van der Waals surface area contributed by atoms with E-state index in [0.29, 0.717) is 5.75 Å². The Bertz CT molecular complexity index is 837. The minimum absolute atomic E-state index is 0.253. The highest BCUT2D eigenvalue weighted by atomic mass is 32.2. The SMILES string of the molecule is Cc1ccc(OCC(O)CSc2nnc(Nc3cccc(C)c3)s2)cc1. The lowest BCUT2D eigenvalue weighted by atomic mass is 10.2. The van der Waals surface area contributed by atoms with E-state index in [2.05, 4.69) is 21.6 Å². The average Bonchev–Trinajstić information content (AvgIpc) is 3.07. The van der Waals surface area contributed by atoms with Crippen LogP contribution >= 0.6 is 23.1 Å². The molecule has 0 aliphatic rings. The molecule has 3 aromatic rings. The summed E-state index contributed by atoms with van der Waals surface area (Å²) in [6, 6.07) is 15.9. The highest BCUT2D eigenvalue weighted by molar-refractivity contribution is 8.01. The number of aliphatic hydroxyl groups is 1. The fraction of sp³-hybridized carbons (Fsp3) is 0.263. The number of hydrogen-bond acceptors (Lipinski definition) is 7. The molecule has 0 aliphatic carbocycles. The molecule has 1 unspecified atom stereocenters. The van der Waals surface area contributed by atoms with Gasteiger partial charge in [-0.2, -0.15) is 0 Å². The fourth-order valence-corrected chi connectivity index (χ4v) is 3.91. The second kappa shape index (κ2) is 9.02. The zero-order valence-corrected chi connectivity index (χ0v) is 16.3. The number of aromatic nitrogens is 2. The Balaban J connectivity index is 1.44. The number of ether oxygens (including phenoxy) is 1. The third-order valence-electron chi connectivity index (χ3n) is 3.54. The van der Waals surface area contributed by atoms with Crippen molar-refractivity contribution in [2.75, 3.05) is 17.7 Å². The van der Waals surface area contributed by atoms with E-state index in [1.807, 2.05) is 56.3 Å². The number of thioether (sulfide) groups is 1. The zero-order valence-electron chi connectivity index (χ0n) is 14.7. The maximum Gasteiger partial charge on any atom is 0.210 e. The van der Waals surface area contributed by atoms with Gasteiger partial charge in [-0.1, -0.05) is 52.9 Å². The summed E-state index contributed by atoms with van der Waals surface area (Å²) in [7, 11) is 0. The summed E-state index contributed by atoms with van der Waals surface area (Å²) in [5, 5.41) is 22.4. The Morgan fingerprint density at radius 1 is 1.12 bits per heavy atom. The van der Waals surface area contributed by atoms with Crippen molar-refractivity contribution in [2.24, 2.45) is 0 Å². The minimum atomic E-state index is -0.571. The lowest BCUT2D eigenvalue weighted by molar-refractivity contribution is 0.126. The molecule has 7 heteroatoms. The number of aliphatic hydroxyl groups excluding tert-OH is 1. The molecular weight excluding hydrogens is 366 g/mol. The molecule has 1 atom stereocenters. The first-order valence-corrected chi connectivity index (χ1v) is 10.1. The third kappa shape index (κ3) is 5.72. The van der Waals surface area contributed by atoms with E-state index < -0.39 is 6.10 Å². The molecule has 0 fully saturated rings. The highest BCUT2D eigenvalue weighted by Gasteiger charge is 2.10. The first-order chi connectivity index (χ1) is 12.6. The van der Waals surface area contributed by atoms with Crippen molar-refractivity contribution in [1.29, 1.82) is 0 Å². The van der Waals surface area contributed by atoms with Gasteiger partial charge < -0.3 is 15.2 Å². The van der Waals surface area contributed by atoms with Gasteiger partial charge in [0, 0.05) is 11.4 Å². The van der Waals surface area contributed by atoms with Crippen molar-refractivity contribution in [2.45, 2.75) is 24.3 Å². The van der Waals surface area contributed by atoms with Crippen LogP contribution in [0.4, 0.5) is 10.8 Å². The van der Waals surface area contributed by atoms with Crippen LogP contribution in [-0.2, 0) is 0 Å². The van der Waals surface area contributed by atoms with Crippen LogP contribution in [0.3, 0.4) is 0 Å². The van der Waals surface area contributed by atoms with Crippen molar-refractivity contribution in [3.63, 3.8) is 0 Å². The van der Waals surface area contributed by atoms with E-state index in [-0.39, 0.29) is 6.61 Å². The van der Waals surface area contributed by atoms with E-state index in [9.17, 15) is 5.11 Å². The Morgan fingerprint density at radius 3 is 2.69 bits per heavy atom. The Kier molecular flexibility index (Phi) is 6.49. The molecule has 0 bridgehead atoms. The van der Waals surface area contributed by atoms with Gasteiger partial charge in [0.05, 0.1) is 6.10 Å². The molecule has 3 rings (SSSR count). The predicted molar refractivity (Wildman–Crippen MR) is 108 cm³/mol. The van der Waals surface area contributed by atoms with Crippen LogP contribution in [0.2, 0.25) is 0 Å². The summed E-state index contributed by atoms with van der Waals surface area (Å²) in [5.41, 5.74) is 3.36. The monoisotopic (exact) mass is 387 g/mol. The van der Waals surface area contributed by atoms with E-state index in [0.717, 1.165) is 20.9 Å². The van der Waals surface area contributed by atoms with Gasteiger partial charge in [0.15, 0.2) is 4.34 Å². The van der Waals surface area contributed by atoms with Gasteiger partial charge in [-0.05, 0) is 43.7 Å². The van der Waals surface area contributed by atoms with E-state index >= 15 is 0 Å². The molecule has 5 nitrogen and oxygen atoms in total. The molecule has 0 amide bonds. The van der Waals surface area contributed by atoms with E-state index in [1.54, 1.807) is 0 Å². The molecule has 2 aromatic carbocycles. The molecule has 26 heavy (non-hydrogen) atoms. The normalized spacial score (nSPS) is 12.0. The first-order valence-electron chi connectivity index (χ1n) is 8.26. The summed E-state index contributed by atoms with van der Waals surface area (Å²) in [5.74, 6) is 1.27. The van der Waals surface area contributed by atoms with Gasteiger partial charge in [0.2, 0.25) is 5.13 Å². The standard InChI is InChI=1S/C19H21N3O2S2/c1-13-6-8-17(9-7-13)24-11-16(23)12-25-19-22-21-18(26-19)20-15-5-3-4-14(2)10-15/h3-10,16,23H,11-12H2,1-2H3,(H,20,21). The smallest absolute Gasteiger partial charge is 0.210 e. The van der Waals surface area contributed by atoms with Gasteiger partial charge >= 0.3 is 0 Å². The summed E-state index contributed by atoms with van der Waals surface area (Å²) in [6.07, 6.45) is -0.571. The van der Waals surface area contributed by atoms with Crippen LogP contribution in [0.1, 0.15) is 11.1 Å². The molecule has 1 aromatic heterocycles. The number of rotatable bonds is 8. The van der Waals surface area contributed by atoms with Gasteiger partial charge in [0.1, 0.15) is 12.4 Å². The van der Waals surface area contributed by atoms with Crippen LogP contribution in [-0.4, -0.2) is 33.8 Å². The van der Waals surface area contributed by atoms with E-state index in [1.165, 1.54) is 34.2 Å². The van der Waals surface area contributed by atoms with Crippen LogP contribution in [0, 0.1) is 13.8 Å². The van der Waals surface area contributed by atoms with Crippen molar-refractivity contribution in [3.8, 4) is 5.75 Å². The van der Waals surface area contributed by atoms with Crippen molar-refractivity contribution in [1.82, 2.24) is 10.2 Å². The van der Waals surface area contributed by atoms with Crippen LogP contribution in [0.15, 0.2) is 52.9 Å². The van der Waals surface area contributed by atoms with Crippen LogP contribution in [0.25, 0.3) is 0 Å². The van der Waals surface area contributed by atoms with Crippen molar-refractivity contribution < 1.29 is 9.84 Å². The van der Waals surface area contributed by atoms with Crippen LogP contribution in [0.5, 0.6) is 5.75 Å². The maximum absolute atomic E-state index is 10.1. The summed E-state index contributed by atoms with van der Waals surface area (Å²) in [4.78, 5) is 0. The molecule has 0 spiro atoms. The highest BCUT2D eigenvalue weighted by Crippen LogP contribution is 2.28. The summed E-state index contributed by atoms with van der Waals surface area (Å²) < 4.78 is 6.41. The molecule has 2 N–H and O–H groups in total. The van der Waals surface area contributed by atoms with E-state index in [4.69, 9.17) is 4.74 Å². The Morgan fingerprint density at radius 2 is 1.92 bits per heavy atom. The second-order valence-corrected chi connectivity index (χ2v) is 8.20. The first kappa shape index (κ1) is 18.7. The Hall–Kier alpha value is -2.09.